The Morgan fingerprint density at radius 2 is 1.92 bits per heavy atom. The molecule has 26 heavy (non-hydrogen) atoms. The first-order valence-corrected chi connectivity index (χ1v) is 8.40. The maximum atomic E-state index is 12.4. The quantitative estimate of drug-likeness (QED) is 0.684. The summed E-state index contributed by atoms with van der Waals surface area (Å²) in [7, 11) is 1.61. The van der Waals surface area contributed by atoms with Crippen molar-refractivity contribution in [3.63, 3.8) is 0 Å². The monoisotopic (exact) mass is 351 g/mol. The Morgan fingerprint density at radius 1 is 1.15 bits per heavy atom. The number of amides is 1. The maximum absolute atomic E-state index is 12.4. The Labute approximate surface area is 152 Å². The van der Waals surface area contributed by atoms with E-state index in [2.05, 4.69) is 15.5 Å². The van der Waals surface area contributed by atoms with E-state index >= 15 is 0 Å². The summed E-state index contributed by atoms with van der Waals surface area (Å²) in [5.41, 5.74) is 2.93. The summed E-state index contributed by atoms with van der Waals surface area (Å²) in [6.07, 6.45) is 0. The molecule has 0 aliphatic rings. The standard InChI is InChI=1S/C20H21N3O3/c1-3-26-16-10-8-14(9-11-16)17-12-18(23-22-17)20(24)21-13-15-6-4-5-7-19(15)25-2/h4-12H,3,13H2,1-2H3,(H,21,24)(H,22,23). The lowest BCUT2D eigenvalue weighted by Gasteiger charge is -2.08. The van der Waals surface area contributed by atoms with Crippen molar-refractivity contribution >= 4 is 5.91 Å². The Kier molecular flexibility index (Phi) is 5.53. The molecule has 0 unspecified atom stereocenters. The van der Waals surface area contributed by atoms with Gasteiger partial charge in [-0.1, -0.05) is 18.2 Å². The molecule has 3 rings (SSSR count). The summed E-state index contributed by atoms with van der Waals surface area (Å²) in [6, 6.07) is 16.9. The van der Waals surface area contributed by atoms with Crippen LogP contribution in [0.1, 0.15) is 23.0 Å². The van der Waals surface area contributed by atoms with E-state index in [9.17, 15) is 4.79 Å². The third-order valence-electron chi connectivity index (χ3n) is 3.92. The van der Waals surface area contributed by atoms with E-state index < -0.39 is 0 Å². The second-order valence-corrected chi connectivity index (χ2v) is 5.62. The molecule has 1 heterocycles. The highest BCUT2D eigenvalue weighted by molar-refractivity contribution is 5.93. The third-order valence-corrected chi connectivity index (χ3v) is 3.92. The summed E-state index contributed by atoms with van der Waals surface area (Å²) >= 11 is 0. The average molecular weight is 351 g/mol. The van der Waals surface area contributed by atoms with Gasteiger partial charge >= 0.3 is 0 Å². The number of benzene rings is 2. The van der Waals surface area contributed by atoms with Crippen LogP contribution in [0.4, 0.5) is 0 Å². The average Bonchev–Trinajstić information content (AvgIpc) is 3.17. The van der Waals surface area contributed by atoms with Gasteiger partial charge in [0, 0.05) is 17.7 Å². The molecule has 0 saturated heterocycles. The number of para-hydroxylation sites is 1. The molecule has 3 aromatic rings. The number of ether oxygens (including phenoxy) is 2. The number of carbonyl (C=O) groups excluding carboxylic acids is 1. The van der Waals surface area contributed by atoms with Crippen LogP contribution >= 0.6 is 0 Å². The normalized spacial score (nSPS) is 10.4. The maximum Gasteiger partial charge on any atom is 0.269 e. The number of nitrogens with one attached hydrogen (secondary N) is 2. The number of aromatic nitrogens is 2. The highest BCUT2D eigenvalue weighted by atomic mass is 16.5. The largest absolute Gasteiger partial charge is 0.496 e. The minimum absolute atomic E-state index is 0.222. The molecule has 0 aliphatic heterocycles. The number of hydrogen-bond donors (Lipinski definition) is 2. The van der Waals surface area contributed by atoms with Gasteiger partial charge < -0.3 is 14.8 Å². The van der Waals surface area contributed by atoms with Gasteiger partial charge in [-0.15, -0.1) is 0 Å². The molecule has 2 N–H and O–H groups in total. The fraction of sp³-hybridized carbons (Fsp3) is 0.200. The van der Waals surface area contributed by atoms with E-state index in [0.29, 0.717) is 24.5 Å². The van der Waals surface area contributed by atoms with Crippen molar-refractivity contribution in [1.29, 1.82) is 0 Å². The number of nitrogens with zero attached hydrogens (tertiary/aromatic N) is 1. The fourth-order valence-corrected chi connectivity index (χ4v) is 2.59. The molecule has 0 fully saturated rings. The van der Waals surface area contributed by atoms with Crippen LogP contribution in [0.25, 0.3) is 11.3 Å². The molecule has 2 aromatic carbocycles. The summed E-state index contributed by atoms with van der Waals surface area (Å²) in [4.78, 5) is 12.4. The second-order valence-electron chi connectivity index (χ2n) is 5.62. The topological polar surface area (TPSA) is 76.2 Å². The van der Waals surface area contributed by atoms with Crippen molar-refractivity contribution in [2.75, 3.05) is 13.7 Å². The fourth-order valence-electron chi connectivity index (χ4n) is 2.59. The first-order chi connectivity index (χ1) is 12.7. The summed E-state index contributed by atoms with van der Waals surface area (Å²) in [5.74, 6) is 1.33. The Morgan fingerprint density at radius 3 is 2.65 bits per heavy atom. The van der Waals surface area contributed by atoms with Crippen LogP contribution in [-0.4, -0.2) is 29.8 Å². The minimum Gasteiger partial charge on any atom is -0.496 e. The van der Waals surface area contributed by atoms with E-state index in [1.54, 1.807) is 13.2 Å². The second kappa shape index (κ2) is 8.20. The summed E-state index contributed by atoms with van der Waals surface area (Å²) in [6.45, 7) is 2.94. The number of hydrogen-bond acceptors (Lipinski definition) is 4. The molecule has 1 amide bonds. The van der Waals surface area contributed by atoms with Crippen molar-refractivity contribution in [2.45, 2.75) is 13.5 Å². The van der Waals surface area contributed by atoms with Crippen molar-refractivity contribution < 1.29 is 14.3 Å². The molecule has 1 aromatic heterocycles. The van der Waals surface area contributed by atoms with Gasteiger partial charge in [-0.05, 0) is 43.3 Å². The van der Waals surface area contributed by atoms with E-state index in [4.69, 9.17) is 9.47 Å². The third kappa shape index (κ3) is 4.03. The van der Waals surface area contributed by atoms with Gasteiger partial charge in [0.1, 0.15) is 17.2 Å². The predicted molar refractivity (Wildman–Crippen MR) is 99.4 cm³/mol. The highest BCUT2D eigenvalue weighted by Crippen LogP contribution is 2.21. The lowest BCUT2D eigenvalue weighted by molar-refractivity contribution is 0.0945. The summed E-state index contributed by atoms with van der Waals surface area (Å²) < 4.78 is 10.7. The molecule has 0 saturated carbocycles. The zero-order chi connectivity index (χ0) is 18.4. The SMILES string of the molecule is CCOc1ccc(-c2cc(C(=O)NCc3ccccc3OC)[nH]n2)cc1. The molecule has 134 valence electrons. The predicted octanol–water partition coefficient (Wildman–Crippen LogP) is 3.41. The molecule has 6 heteroatoms. The van der Waals surface area contributed by atoms with Crippen LogP contribution in [0.2, 0.25) is 0 Å². The Balaban J connectivity index is 1.66. The van der Waals surface area contributed by atoms with Gasteiger partial charge in [-0.25, -0.2) is 0 Å². The van der Waals surface area contributed by atoms with Gasteiger partial charge in [0.25, 0.3) is 5.91 Å². The smallest absolute Gasteiger partial charge is 0.269 e. The molecule has 0 radical (unpaired) electrons. The van der Waals surface area contributed by atoms with Crippen LogP contribution in [0.15, 0.2) is 54.6 Å². The van der Waals surface area contributed by atoms with Gasteiger partial charge in [0.15, 0.2) is 0 Å². The molecule has 0 atom stereocenters. The molecular formula is C20H21N3O3. The lowest BCUT2D eigenvalue weighted by Crippen LogP contribution is -2.23. The number of methoxy groups -OCH3 is 1. The van der Waals surface area contributed by atoms with E-state index in [-0.39, 0.29) is 5.91 Å². The zero-order valence-corrected chi connectivity index (χ0v) is 14.8. The van der Waals surface area contributed by atoms with Crippen molar-refractivity contribution in [2.24, 2.45) is 0 Å². The molecule has 0 bridgehead atoms. The number of aromatic amines is 1. The van der Waals surface area contributed by atoms with Crippen molar-refractivity contribution in [3.8, 4) is 22.8 Å². The van der Waals surface area contributed by atoms with Crippen molar-refractivity contribution in [3.05, 3.63) is 65.9 Å². The van der Waals surface area contributed by atoms with Gasteiger partial charge in [0.2, 0.25) is 0 Å². The minimum atomic E-state index is -0.222. The number of H-pyrrole nitrogens is 1. The molecule has 6 nitrogen and oxygen atoms in total. The van der Waals surface area contributed by atoms with Gasteiger partial charge in [0.05, 0.1) is 19.4 Å². The Bertz CT molecular complexity index is 872. The van der Waals surface area contributed by atoms with Crippen LogP contribution in [0, 0.1) is 0 Å². The van der Waals surface area contributed by atoms with Crippen LogP contribution in [-0.2, 0) is 6.54 Å². The van der Waals surface area contributed by atoms with Gasteiger partial charge in [-0.3, -0.25) is 9.89 Å². The zero-order valence-electron chi connectivity index (χ0n) is 14.8. The highest BCUT2D eigenvalue weighted by Gasteiger charge is 2.12. The Hall–Kier alpha value is -3.28. The van der Waals surface area contributed by atoms with E-state index in [0.717, 1.165) is 22.6 Å². The van der Waals surface area contributed by atoms with Crippen LogP contribution < -0.4 is 14.8 Å². The van der Waals surface area contributed by atoms with E-state index in [1.807, 2.05) is 55.5 Å². The van der Waals surface area contributed by atoms with Gasteiger partial charge in [-0.2, -0.15) is 5.10 Å². The van der Waals surface area contributed by atoms with E-state index in [1.165, 1.54) is 0 Å². The number of rotatable bonds is 7. The first-order valence-electron chi connectivity index (χ1n) is 8.40. The van der Waals surface area contributed by atoms with Crippen LogP contribution in [0.5, 0.6) is 11.5 Å². The van der Waals surface area contributed by atoms with Crippen molar-refractivity contribution in [1.82, 2.24) is 15.5 Å². The lowest BCUT2D eigenvalue weighted by atomic mass is 10.1. The molecule has 0 aliphatic carbocycles. The molecular weight excluding hydrogens is 330 g/mol. The number of carbonyl (C=O) groups is 1. The molecule has 0 spiro atoms. The summed E-state index contributed by atoms with van der Waals surface area (Å²) in [5, 5.41) is 9.88. The first kappa shape index (κ1) is 17.5. The van der Waals surface area contributed by atoms with Crippen LogP contribution in [0.3, 0.4) is 0 Å².